The lowest BCUT2D eigenvalue weighted by atomic mass is 9.96. The number of hydrogen-bond donors (Lipinski definition) is 0. The van der Waals surface area contributed by atoms with Crippen LogP contribution >= 0.6 is 39.1 Å². The molecular formula is C16H14BrCl2FO. The number of ether oxygens (including phenoxy) is 1. The molecule has 2 aromatic rings. The molecule has 0 radical (unpaired) electrons. The minimum atomic E-state index is -0.524. The molecule has 0 heterocycles. The predicted molar refractivity (Wildman–Crippen MR) is 89.3 cm³/mol. The van der Waals surface area contributed by atoms with Crippen LogP contribution in [-0.2, 0) is 0 Å². The summed E-state index contributed by atoms with van der Waals surface area (Å²) in [5, 5.41) is -0.224. The van der Waals surface area contributed by atoms with Crippen LogP contribution in [0.2, 0.25) is 5.02 Å². The predicted octanol–water partition coefficient (Wildman–Crippen LogP) is 6.20. The summed E-state index contributed by atoms with van der Waals surface area (Å²) in [6.45, 7) is 3.90. The Kier molecular flexibility index (Phi) is 5.18. The molecule has 1 atom stereocenters. The van der Waals surface area contributed by atoms with Gasteiger partial charge in [-0.2, -0.15) is 0 Å². The first kappa shape index (κ1) is 16.6. The molecule has 5 heteroatoms. The normalized spacial score (nSPS) is 12.3. The maximum atomic E-state index is 13.2. The highest BCUT2D eigenvalue weighted by atomic mass is 79.9. The maximum Gasteiger partial charge on any atom is 0.127 e. The highest BCUT2D eigenvalue weighted by Gasteiger charge is 2.23. The molecule has 2 rings (SSSR count). The summed E-state index contributed by atoms with van der Waals surface area (Å²) >= 11 is 16.3. The summed E-state index contributed by atoms with van der Waals surface area (Å²) in [6, 6.07) is 6.19. The van der Waals surface area contributed by atoms with E-state index in [-0.39, 0.29) is 5.82 Å². The van der Waals surface area contributed by atoms with Crippen LogP contribution in [0, 0.1) is 19.7 Å². The highest BCUT2D eigenvalue weighted by Crippen LogP contribution is 2.43. The summed E-state index contributed by atoms with van der Waals surface area (Å²) in [4.78, 5) is 0. The Labute approximate surface area is 142 Å². The van der Waals surface area contributed by atoms with Crippen molar-refractivity contribution in [1.29, 1.82) is 0 Å². The van der Waals surface area contributed by atoms with Crippen molar-refractivity contribution in [3.63, 3.8) is 0 Å². The summed E-state index contributed by atoms with van der Waals surface area (Å²) in [7, 11) is 1.61. The van der Waals surface area contributed by atoms with Crippen LogP contribution in [0.5, 0.6) is 5.75 Å². The van der Waals surface area contributed by atoms with E-state index in [4.69, 9.17) is 27.9 Å². The van der Waals surface area contributed by atoms with E-state index in [9.17, 15) is 4.39 Å². The van der Waals surface area contributed by atoms with Crippen molar-refractivity contribution in [2.24, 2.45) is 0 Å². The number of benzene rings is 2. The van der Waals surface area contributed by atoms with Crippen LogP contribution in [0.25, 0.3) is 0 Å². The second kappa shape index (κ2) is 6.55. The van der Waals surface area contributed by atoms with Gasteiger partial charge in [-0.1, -0.05) is 33.6 Å². The largest absolute Gasteiger partial charge is 0.496 e. The van der Waals surface area contributed by atoms with Gasteiger partial charge in [0.05, 0.1) is 12.5 Å². The van der Waals surface area contributed by atoms with E-state index < -0.39 is 5.38 Å². The standard InChI is InChI=1S/C16H14BrCl2FO/c1-8-6-12(17)9(2)14(16(8)21-3)15(19)11-5-4-10(20)7-13(11)18/h4-7,15H,1-3H3. The summed E-state index contributed by atoms with van der Waals surface area (Å²) in [5.74, 6) is 0.331. The molecule has 2 aromatic carbocycles. The van der Waals surface area contributed by atoms with Gasteiger partial charge in [0.15, 0.2) is 0 Å². The second-order valence-electron chi connectivity index (χ2n) is 4.78. The van der Waals surface area contributed by atoms with Crippen LogP contribution in [0.4, 0.5) is 4.39 Å². The minimum absolute atomic E-state index is 0.300. The Bertz CT molecular complexity index is 688. The average molecular weight is 392 g/mol. The smallest absolute Gasteiger partial charge is 0.127 e. The first-order valence-corrected chi connectivity index (χ1v) is 7.90. The zero-order valence-corrected chi connectivity index (χ0v) is 14.9. The van der Waals surface area contributed by atoms with Crippen molar-refractivity contribution in [3.05, 3.63) is 61.8 Å². The van der Waals surface area contributed by atoms with Gasteiger partial charge < -0.3 is 4.74 Å². The Morgan fingerprint density at radius 3 is 2.48 bits per heavy atom. The second-order valence-corrected chi connectivity index (χ2v) is 6.47. The van der Waals surface area contributed by atoms with Crippen molar-refractivity contribution in [2.75, 3.05) is 7.11 Å². The lowest BCUT2D eigenvalue weighted by Gasteiger charge is -2.21. The van der Waals surface area contributed by atoms with Crippen molar-refractivity contribution in [1.82, 2.24) is 0 Å². The number of methoxy groups -OCH3 is 1. The number of alkyl halides is 1. The summed E-state index contributed by atoms with van der Waals surface area (Å²) in [6.07, 6.45) is 0. The molecule has 0 aliphatic carbocycles. The quantitative estimate of drug-likeness (QED) is 0.566. The molecule has 0 fully saturated rings. The molecule has 1 nitrogen and oxygen atoms in total. The minimum Gasteiger partial charge on any atom is -0.496 e. The Morgan fingerprint density at radius 2 is 1.90 bits per heavy atom. The zero-order valence-electron chi connectivity index (χ0n) is 11.8. The van der Waals surface area contributed by atoms with Crippen LogP contribution in [-0.4, -0.2) is 7.11 Å². The van der Waals surface area contributed by atoms with E-state index in [1.54, 1.807) is 13.2 Å². The SMILES string of the molecule is COc1c(C)cc(Br)c(C)c1C(Cl)c1ccc(F)cc1Cl. The van der Waals surface area contributed by atoms with E-state index in [0.29, 0.717) is 10.6 Å². The van der Waals surface area contributed by atoms with Crippen molar-refractivity contribution >= 4 is 39.1 Å². The lowest BCUT2D eigenvalue weighted by Crippen LogP contribution is -2.04. The fraction of sp³-hybridized carbons (Fsp3) is 0.250. The van der Waals surface area contributed by atoms with Crippen molar-refractivity contribution in [2.45, 2.75) is 19.2 Å². The third-order valence-corrected chi connectivity index (χ3v) is 5.01. The number of rotatable bonds is 3. The van der Waals surface area contributed by atoms with Crippen LogP contribution in [0.15, 0.2) is 28.7 Å². The van der Waals surface area contributed by atoms with Crippen molar-refractivity contribution < 1.29 is 9.13 Å². The van der Waals surface area contributed by atoms with Crippen molar-refractivity contribution in [3.8, 4) is 5.75 Å². The third kappa shape index (κ3) is 3.20. The van der Waals surface area contributed by atoms with Gasteiger partial charge in [-0.15, -0.1) is 11.6 Å². The molecule has 112 valence electrons. The molecule has 0 aromatic heterocycles. The molecule has 0 aliphatic rings. The van der Waals surface area contributed by atoms with E-state index in [0.717, 1.165) is 26.9 Å². The van der Waals surface area contributed by atoms with E-state index in [1.807, 2.05) is 19.9 Å². The van der Waals surface area contributed by atoms with E-state index in [2.05, 4.69) is 15.9 Å². The first-order chi connectivity index (χ1) is 9.86. The van der Waals surface area contributed by atoms with E-state index >= 15 is 0 Å². The Morgan fingerprint density at radius 1 is 1.24 bits per heavy atom. The Balaban J connectivity index is 2.65. The molecular weight excluding hydrogens is 378 g/mol. The molecule has 0 saturated heterocycles. The summed E-state index contributed by atoms with van der Waals surface area (Å²) < 4.78 is 19.6. The zero-order chi connectivity index (χ0) is 15.7. The van der Waals surface area contributed by atoms with E-state index in [1.165, 1.54) is 12.1 Å². The molecule has 1 unspecified atom stereocenters. The third-order valence-electron chi connectivity index (χ3n) is 3.40. The number of hydrogen-bond acceptors (Lipinski definition) is 1. The van der Waals surface area contributed by atoms with Gasteiger partial charge in [0, 0.05) is 15.1 Å². The molecule has 21 heavy (non-hydrogen) atoms. The lowest BCUT2D eigenvalue weighted by molar-refractivity contribution is 0.406. The fourth-order valence-corrected chi connectivity index (χ4v) is 3.66. The molecule has 0 saturated carbocycles. The van der Waals surface area contributed by atoms with Crippen LogP contribution in [0.1, 0.15) is 27.6 Å². The average Bonchev–Trinajstić information content (AvgIpc) is 2.41. The fourth-order valence-electron chi connectivity index (χ4n) is 2.31. The Hall–Kier alpha value is -0.770. The first-order valence-electron chi connectivity index (χ1n) is 6.29. The molecule has 0 N–H and O–H groups in total. The van der Waals surface area contributed by atoms with Gasteiger partial charge in [-0.25, -0.2) is 4.39 Å². The molecule has 0 spiro atoms. The molecule has 0 amide bonds. The van der Waals surface area contributed by atoms with Gasteiger partial charge in [-0.3, -0.25) is 0 Å². The van der Waals surface area contributed by atoms with Crippen LogP contribution < -0.4 is 4.74 Å². The monoisotopic (exact) mass is 390 g/mol. The van der Waals surface area contributed by atoms with Crippen LogP contribution in [0.3, 0.4) is 0 Å². The van der Waals surface area contributed by atoms with Gasteiger partial charge in [0.25, 0.3) is 0 Å². The summed E-state index contributed by atoms with van der Waals surface area (Å²) in [5.41, 5.74) is 3.42. The molecule has 0 bridgehead atoms. The van der Waals surface area contributed by atoms with Gasteiger partial charge in [0.2, 0.25) is 0 Å². The topological polar surface area (TPSA) is 9.23 Å². The number of aryl methyl sites for hydroxylation is 1. The maximum absolute atomic E-state index is 13.2. The van der Waals surface area contributed by atoms with Gasteiger partial charge in [-0.05, 0) is 48.7 Å². The highest BCUT2D eigenvalue weighted by molar-refractivity contribution is 9.10. The molecule has 0 aliphatic heterocycles. The van der Waals surface area contributed by atoms with Gasteiger partial charge in [0.1, 0.15) is 11.6 Å². The number of halogens is 4. The van der Waals surface area contributed by atoms with Gasteiger partial charge >= 0.3 is 0 Å².